The van der Waals surface area contributed by atoms with Gasteiger partial charge in [-0.05, 0) is 26.2 Å². The Bertz CT molecular complexity index is 596. The maximum absolute atomic E-state index is 10.1. The van der Waals surface area contributed by atoms with Crippen molar-refractivity contribution in [1.82, 2.24) is 19.6 Å². The first-order valence-corrected chi connectivity index (χ1v) is 21.4. The minimum Gasteiger partial charge on any atom is -2.00 e. The van der Waals surface area contributed by atoms with Crippen LogP contribution in [-0.4, -0.2) is 198 Å². The third-order valence-corrected chi connectivity index (χ3v) is 5.12. The second-order valence-electron chi connectivity index (χ2n) is 9.85. The molecule has 0 aliphatic carbocycles. The van der Waals surface area contributed by atoms with Crippen LogP contribution in [0.4, 0.5) is 0 Å². The first kappa shape index (κ1) is 105. The van der Waals surface area contributed by atoms with E-state index in [4.69, 9.17) is 118 Å². The molecular formula is C24H64Cl4Mn4N8O26. The van der Waals surface area contributed by atoms with Crippen molar-refractivity contribution >= 4 is 0 Å². The van der Waals surface area contributed by atoms with Crippen LogP contribution in [0, 0.1) is 41.0 Å². The third kappa shape index (κ3) is 193. The summed E-state index contributed by atoms with van der Waals surface area (Å²) < 4.78 is 136. The van der Waals surface area contributed by atoms with Gasteiger partial charge in [0.1, 0.15) is 0 Å². The van der Waals surface area contributed by atoms with E-state index >= 15 is 0 Å². The van der Waals surface area contributed by atoms with E-state index in [9.17, 15) is 20.4 Å². The molecule has 0 atom stereocenters. The van der Waals surface area contributed by atoms with Crippen LogP contribution in [0.2, 0.25) is 0 Å². The van der Waals surface area contributed by atoms with Crippen LogP contribution in [0.1, 0.15) is 0 Å². The zero-order valence-corrected chi connectivity index (χ0v) is 42.8. The Hall–Kier alpha value is 1.88. The summed E-state index contributed by atoms with van der Waals surface area (Å²) in [4.78, 5) is 7.67. The van der Waals surface area contributed by atoms with Gasteiger partial charge in [-0.1, -0.05) is 0 Å². The fourth-order valence-electron chi connectivity index (χ4n) is 3.22. The minimum atomic E-state index is -4.94. The predicted octanol–water partition coefficient (Wildman–Crippen LogP) is -29.9. The van der Waals surface area contributed by atoms with Crippen molar-refractivity contribution in [2.75, 3.05) is 158 Å². The molecule has 66 heavy (non-hydrogen) atoms. The molecule has 34 nitrogen and oxygen atoms in total. The molecule has 0 aromatic carbocycles. The number of halogens is 4. The number of rotatable bonds is 24. The largest absolute Gasteiger partial charge is 2.00 e. The SMILES string of the molecule is NCCN(CC[O-])CC[O-].NCCN(CC[O-])CC[O-].NCCN(CC[OH2+])CC[OH2+].NCCN(CC[OH2+])CC[OH2+].[Mn+2].[Mn+2].[Mn+2].[Mn+2].[O-2].[O-2].[O-][Cl+3]([O-])([O-])[O-].[O-][Cl+3]([O-])([O-])[O-].[O-][Cl+3]([O-])([O-])[O-].[O-][Cl+3]([O-])([O-])[O-]. The standard InChI is InChI=1S/2C6H16N2O2.2C6H14N2O2.4ClHO4.4Mn.2O/c4*7-1-2-8(3-5-9)4-6-10;4*2-1(3,4)5;;;;;;/h2*9-10H,1-7H2;2*1-7H2;4*(H,2,3,4,5);;;;;;/q;;2*-2;;;;;4*+2;2*-2. The van der Waals surface area contributed by atoms with E-state index in [1.54, 1.807) is 9.80 Å². The molecule has 0 amide bonds. The van der Waals surface area contributed by atoms with E-state index in [1.165, 1.54) is 0 Å². The molecular weight excluding hydrogens is 1180 g/mol. The molecule has 0 aliphatic rings. The van der Waals surface area contributed by atoms with Gasteiger partial charge in [-0.25, -0.2) is 74.5 Å². The average Bonchev–Trinajstić information content (AvgIpc) is 3.04. The topological polar surface area (TPSA) is 727 Å². The molecule has 0 saturated heterocycles. The summed E-state index contributed by atoms with van der Waals surface area (Å²) in [5.74, 6) is 0. The maximum Gasteiger partial charge on any atom is 2.00 e. The van der Waals surface area contributed by atoms with Crippen molar-refractivity contribution in [3.63, 3.8) is 0 Å². The summed E-state index contributed by atoms with van der Waals surface area (Å²) in [5, 5.41) is 68.2. The van der Waals surface area contributed by atoms with Crippen molar-refractivity contribution in [2.24, 2.45) is 22.9 Å². The van der Waals surface area contributed by atoms with Crippen LogP contribution in [0.25, 0.3) is 0 Å². The van der Waals surface area contributed by atoms with Gasteiger partial charge >= 0.3 is 68.3 Å². The average molecular weight is 1240 g/mol. The molecule has 0 unspecified atom stereocenters. The van der Waals surface area contributed by atoms with Gasteiger partial charge < -0.3 is 84.5 Å². The quantitative estimate of drug-likeness (QED) is 0.0515. The van der Waals surface area contributed by atoms with Gasteiger partial charge in [0.2, 0.25) is 0 Å². The monoisotopic (exact) mass is 1240 g/mol. The van der Waals surface area contributed by atoms with Crippen LogP contribution >= 0.6 is 0 Å². The third-order valence-electron chi connectivity index (χ3n) is 5.12. The van der Waals surface area contributed by atoms with E-state index < -0.39 is 41.0 Å². The fraction of sp³-hybridized carbons (Fsp3) is 1.00. The zero-order chi connectivity index (χ0) is 49.3. The Balaban J connectivity index is -0.0000000392. The van der Waals surface area contributed by atoms with E-state index in [0.29, 0.717) is 91.9 Å². The summed E-state index contributed by atoms with van der Waals surface area (Å²) >= 11 is 0. The Morgan fingerprint density at radius 1 is 0.273 bits per heavy atom. The first-order valence-electron chi connectivity index (χ1n) is 16.5. The van der Waals surface area contributed by atoms with Crippen molar-refractivity contribution in [3.8, 4) is 0 Å². The van der Waals surface area contributed by atoms with Crippen molar-refractivity contribution in [3.05, 3.63) is 0 Å². The molecule has 0 spiro atoms. The maximum atomic E-state index is 10.1. The molecule has 42 heteroatoms. The molecule has 0 heterocycles. The summed E-state index contributed by atoms with van der Waals surface area (Å²) in [6.07, 6.45) is 0. The van der Waals surface area contributed by atoms with E-state index in [-0.39, 0.29) is 106 Å². The Labute approximate surface area is 433 Å². The molecule has 0 bridgehead atoms. The van der Waals surface area contributed by atoms with Crippen molar-refractivity contribution in [1.29, 1.82) is 0 Å². The van der Waals surface area contributed by atoms with Crippen LogP contribution < -0.4 is 118 Å². The Morgan fingerprint density at radius 3 is 0.455 bits per heavy atom. The normalized spacial score (nSPS) is 10.2. The van der Waals surface area contributed by atoms with Crippen LogP contribution in [0.3, 0.4) is 0 Å². The molecule has 0 fully saturated rings. The number of nitrogens with zero attached hydrogens (tertiary/aromatic N) is 4. The molecule has 0 aliphatic heterocycles. The summed E-state index contributed by atoms with van der Waals surface area (Å²) in [7, 11) is -19.8. The van der Waals surface area contributed by atoms with Gasteiger partial charge in [-0.3, -0.25) is 9.80 Å². The van der Waals surface area contributed by atoms with Crippen molar-refractivity contribution < 1.29 is 236 Å². The van der Waals surface area contributed by atoms with Gasteiger partial charge in [0.05, 0.1) is 26.2 Å². The predicted molar refractivity (Wildman–Crippen MR) is 157 cm³/mol. The van der Waals surface area contributed by atoms with Gasteiger partial charge in [-0.15, -0.1) is 67.4 Å². The number of nitrogens with two attached hydrogens (primary N) is 4. The second-order valence-corrected chi connectivity index (χ2v) is 12.9. The first-order chi connectivity index (χ1) is 27.4. The Kier molecular flexibility index (Phi) is 120. The van der Waals surface area contributed by atoms with Gasteiger partial charge in [0.25, 0.3) is 0 Å². The van der Waals surface area contributed by atoms with E-state index in [0.717, 1.165) is 39.3 Å². The Morgan fingerprint density at radius 2 is 0.379 bits per heavy atom. The summed E-state index contributed by atoms with van der Waals surface area (Å²) in [5.41, 5.74) is 21.1. The van der Waals surface area contributed by atoms with Crippen molar-refractivity contribution in [2.45, 2.75) is 0 Å². The van der Waals surface area contributed by atoms with Crippen LogP contribution in [0.5, 0.6) is 0 Å². The molecule has 16 N–H and O–H groups in total. The van der Waals surface area contributed by atoms with Gasteiger partial charge in [-0.2, -0.15) is 0 Å². The van der Waals surface area contributed by atoms with E-state index in [2.05, 4.69) is 0 Å². The molecule has 0 aromatic rings. The van der Waals surface area contributed by atoms with Crippen LogP contribution in [0.15, 0.2) is 0 Å². The molecule has 0 rings (SSSR count). The smallest absolute Gasteiger partial charge is 2.00 e. The van der Waals surface area contributed by atoms with Crippen LogP contribution in [-0.2, 0) is 79.2 Å². The van der Waals surface area contributed by atoms with E-state index in [1.807, 2.05) is 9.80 Å². The fourth-order valence-corrected chi connectivity index (χ4v) is 3.22. The number of hydrogen-bond acceptors (Lipinski definition) is 28. The second kappa shape index (κ2) is 75.8. The van der Waals surface area contributed by atoms with Gasteiger partial charge in [0.15, 0.2) is 26.4 Å². The molecule has 0 aromatic heterocycles. The molecule has 412 valence electrons. The van der Waals surface area contributed by atoms with Gasteiger partial charge in [0, 0.05) is 52.4 Å². The molecule has 4 radical (unpaired) electrons. The number of hydrogen-bond donors (Lipinski definition) is 4. The summed E-state index contributed by atoms with van der Waals surface area (Å²) in [6, 6.07) is 0. The molecule has 0 saturated carbocycles. The minimum absolute atomic E-state index is 0. The zero-order valence-electron chi connectivity index (χ0n) is 35.1. The summed E-state index contributed by atoms with van der Waals surface area (Å²) in [6.45, 7) is 11.0.